The van der Waals surface area contributed by atoms with Crippen molar-refractivity contribution < 1.29 is 4.39 Å². The van der Waals surface area contributed by atoms with Crippen LogP contribution >= 0.6 is 0 Å². The first-order valence-corrected chi connectivity index (χ1v) is 6.91. The van der Waals surface area contributed by atoms with E-state index < -0.39 is 0 Å². The maximum Gasteiger partial charge on any atom is 0.148 e. The van der Waals surface area contributed by atoms with E-state index in [1.807, 2.05) is 0 Å². The molecule has 0 bridgehead atoms. The number of rotatable bonds is 5. The zero-order valence-electron chi connectivity index (χ0n) is 11.4. The van der Waals surface area contributed by atoms with Crippen molar-refractivity contribution in [3.05, 3.63) is 24.0 Å². The molecule has 1 fully saturated rings. The summed E-state index contributed by atoms with van der Waals surface area (Å²) in [6.07, 6.45) is 4.85. The number of nitrogens with two attached hydrogens (primary N) is 1. The zero-order valence-corrected chi connectivity index (χ0v) is 11.4. The van der Waals surface area contributed by atoms with Gasteiger partial charge in [-0.3, -0.25) is 0 Å². The lowest BCUT2D eigenvalue weighted by molar-refractivity contribution is 0.172. The first kappa shape index (κ1) is 13.2. The number of benzene rings is 1. The third-order valence-corrected chi connectivity index (χ3v) is 3.95. The second kappa shape index (κ2) is 5.17. The van der Waals surface area contributed by atoms with Gasteiger partial charge in [-0.25, -0.2) is 4.39 Å². The van der Waals surface area contributed by atoms with Crippen molar-refractivity contribution >= 4 is 11.4 Å². The van der Waals surface area contributed by atoms with Crippen LogP contribution in [0.15, 0.2) is 18.2 Å². The number of nitrogen functional groups attached to an aromatic ring is 1. The summed E-state index contributed by atoms with van der Waals surface area (Å²) in [4.78, 5) is 2.09. The van der Waals surface area contributed by atoms with Crippen LogP contribution in [0.4, 0.5) is 15.8 Å². The molecule has 100 valence electrons. The molecule has 3 heteroatoms. The van der Waals surface area contributed by atoms with Crippen molar-refractivity contribution in [2.75, 3.05) is 23.7 Å². The van der Waals surface area contributed by atoms with Gasteiger partial charge in [0.25, 0.3) is 0 Å². The number of halogens is 1. The number of nitrogens with zero attached hydrogens (tertiary/aromatic N) is 1. The van der Waals surface area contributed by atoms with Gasteiger partial charge in [0.05, 0.1) is 11.4 Å². The van der Waals surface area contributed by atoms with Crippen LogP contribution in [0.3, 0.4) is 0 Å². The van der Waals surface area contributed by atoms with Crippen molar-refractivity contribution in [2.45, 2.75) is 39.5 Å². The van der Waals surface area contributed by atoms with Crippen LogP contribution in [-0.4, -0.2) is 13.1 Å². The van der Waals surface area contributed by atoms with Crippen molar-refractivity contribution in [3.8, 4) is 0 Å². The molecule has 0 aliphatic carbocycles. The summed E-state index contributed by atoms with van der Waals surface area (Å²) in [6, 6.07) is 4.93. The molecule has 0 unspecified atom stereocenters. The standard InChI is InChI=1S/C15H23FN2/c1-3-8-15(9-4-2)10-18(11-15)14-12(16)6-5-7-13(14)17/h5-7H,3-4,8-11,17H2,1-2H3. The smallest absolute Gasteiger partial charge is 0.148 e. The molecular weight excluding hydrogens is 227 g/mol. The highest BCUT2D eigenvalue weighted by atomic mass is 19.1. The van der Waals surface area contributed by atoms with Gasteiger partial charge in [-0.15, -0.1) is 0 Å². The summed E-state index contributed by atoms with van der Waals surface area (Å²) in [5, 5.41) is 0. The molecule has 0 spiro atoms. The molecule has 0 atom stereocenters. The van der Waals surface area contributed by atoms with E-state index in [2.05, 4.69) is 18.7 Å². The average Bonchev–Trinajstić information content (AvgIpc) is 2.26. The Morgan fingerprint density at radius 1 is 1.22 bits per heavy atom. The Morgan fingerprint density at radius 2 is 1.83 bits per heavy atom. The Labute approximate surface area is 109 Å². The molecule has 2 N–H and O–H groups in total. The number of anilines is 2. The van der Waals surface area contributed by atoms with Crippen LogP contribution in [0.25, 0.3) is 0 Å². The summed E-state index contributed by atoms with van der Waals surface area (Å²) >= 11 is 0. The second-order valence-corrected chi connectivity index (χ2v) is 5.53. The lowest BCUT2D eigenvalue weighted by Crippen LogP contribution is -2.56. The summed E-state index contributed by atoms with van der Waals surface area (Å²) in [5.74, 6) is -0.198. The van der Waals surface area contributed by atoms with Crippen molar-refractivity contribution in [3.63, 3.8) is 0 Å². The van der Waals surface area contributed by atoms with Crippen molar-refractivity contribution in [1.29, 1.82) is 0 Å². The zero-order chi connectivity index (χ0) is 13.2. The fourth-order valence-corrected chi connectivity index (χ4v) is 3.29. The van der Waals surface area contributed by atoms with Crippen LogP contribution < -0.4 is 10.6 Å². The highest BCUT2D eigenvalue weighted by molar-refractivity contribution is 5.69. The van der Waals surface area contributed by atoms with Gasteiger partial charge >= 0.3 is 0 Å². The highest BCUT2D eigenvalue weighted by Crippen LogP contribution is 2.44. The van der Waals surface area contributed by atoms with E-state index in [1.165, 1.54) is 31.7 Å². The quantitative estimate of drug-likeness (QED) is 0.805. The largest absolute Gasteiger partial charge is 0.397 e. The molecule has 1 saturated heterocycles. The van der Waals surface area contributed by atoms with E-state index in [0.29, 0.717) is 16.8 Å². The minimum absolute atomic E-state index is 0.198. The Hall–Kier alpha value is -1.25. The Morgan fingerprint density at radius 3 is 2.33 bits per heavy atom. The molecule has 0 amide bonds. The van der Waals surface area contributed by atoms with Gasteiger partial charge in [0.1, 0.15) is 5.82 Å². The van der Waals surface area contributed by atoms with Crippen LogP contribution in [0.5, 0.6) is 0 Å². The van der Waals surface area contributed by atoms with Gasteiger partial charge in [0.2, 0.25) is 0 Å². The number of para-hydroxylation sites is 1. The molecule has 18 heavy (non-hydrogen) atoms. The monoisotopic (exact) mass is 250 g/mol. The van der Waals surface area contributed by atoms with E-state index in [1.54, 1.807) is 12.1 Å². The topological polar surface area (TPSA) is 29.3 Å². The van der Waals surface area contributed by atoms with Gasteiger partial charge in [-0.05, 0) is 25.0 Å². The maximum atomic E-state index is 13.8. The fraction of sp³-hybridized carbons (Fsp3) is 0.600. The molecule has 1 aromatic carbocycles. The van der Waals surface area contributed by atoms with E-state index in [4.69, 9.17) is 5.73 Å². The van der Waals surface area contributed by atoms with E-state index in [0.717, 1.165) is 13.1 Å². The van der Waals surface area contributed by atoms with E-state index in [9.17, 15) is 4.39 Å². The molecular formula is C15H23FN2. The minimum Gasteiger partial charge on any atom is -0.397 e. The van der Waals surface area contributed by atoms with Crippen molar-refractivity contribution in [2.24, 2.45) is 5.41 Å². The van der Waals surface area contributed by atoms with Gasteiger partial charge in [-0.2, -0.15) is 0 Å². The summed E-state index contributed by atoms with van der Waals surface area (Å²) < 4.78 is 13.8. The third-order valence-electron chi connectivity index (χ3n) is 3.95. The molecule has 1 heterocycles. The fourth-order valence-electron chi connectivity index (χ4n) is 3.29. The average molecular weight is 250 g/mol. The lowest BCUT2D eigenvalue weighted by atomic mass is 9.72. The molecule has 1 aliphatic heterocycles. The Kier molecular flexibility index (Phi) is 3.79. The third kappa shape index (κ3) is 2.31. The minimum atomic E-state index is -0.198. The van der Waals surface area contributed by atoms with Gasteiger partial charge in [0.15, 0.2) is 0 Å². The summed E-state index contributed by atoms with van der Waals surface area (Å²) in [5.41, 5.74) is 7.42. The molecule has 1 aliphatic rings. The molecule has 0 radical (unpaired) electrons. The van der Waals surface area contributed by atoms with Gasteiger partial charge in [-0.1, -0.05) is 32.8 Å². The Balaban J connectivity index is 2.11. The molecule has 2 nitrogen and oxygen atoms in total. The predicted octanol–water partition coefficient (Wildman–Crippen LogP) is 3.81. The molecule has 0 aromatic heterocycles. The normalized spacial score (nSPS) is 17.6. The van der Waals surface area contributed by atoms with Crippen LogP contribution in [0.2, 0.25) is 0 Å². The lowest BCUT2D eigenvalue weighted by Gasteiger charge is -2.52. The van der Waals surface area contributed by atoms with Gasteiger partial charge in [0, 0.05) is 18.5 Å². The predicted molar refractivity (Wildman–Crippen MR) is 75.3 cm³/mol. The molecule has 0 saturated carbocycles. The SMILES string of the molecule is CCCC1(CCC)CN(c2c(N)cccc2F)C1. The van der Waals surface area contributed by atoms with Crippen LogP contribution in [0, 0.1) is 11.2 Å². The second-order valence-electron chi connectivity index (χ2n) is 5.53. The maximum absolute atomic E-state index is 13.8. The van der Waals surface area contributed by atoms with E-state index in [-0.39, 0.29) is 5.82 Å². The van der Waals surface area contributed by atoms with Crippen LogP contribution in [-0.2, 0) is 0 Å². The van der Waals surface area contributed by atoms with Crippen molar-refractivity contribution in [1.82, 2.24) is 0 Å². The first-order valence-electron chi connectivity index (χ1n) is 6.91. The molecule has 1 aromatic rings. The summed E-state index contributed by atoms with van der Waals surface area (Å²) in [7, 11) is 0. The van der Waals surface area contributed by atoms with Gasteiger partial charge < -0.3 is 10.6 Å². The first-order chi connectivity index (χ1) is 8.62. The summed E-state index contributed by atoms with van der Waals surface area (Å²) in [6.45, 7) is 6.33. The molecule has 2 rings (SSSR count). The number of hydrogen-bond donors (Lipinski definition) is 1. The van der Waals surface area contributed by atoms with Crippen LogP contribution in [0.1, 0.15) is 39.5 Å². The number of hydrogen-bond acceptors (Lipinski definition) is 2. The highest BCUT2D eigenvalue weighted by Gasteiger charge is 2.42. The van der Waals surface area contributed by atoms with E-state index >= 15 is 0 Å². The Bertz CT molecular complexity index is 383.